The Hall–Kier alpha value is -2.56. The van der Waals surface area contributed by atoms with Gasteiger partial charge in [-0.25, -0.2) is 9.97 Å². The minimum Gasteiger partial charge on any atom is -0.496 e. The number of fused-ring (bicyclic) bond motifs is 1. The summed E-state index contributed by atoms with van der Waals surface area (Å²) in [5.74, 6) is 2.40. The number of para-hydroxylation sites is 1. The number of anilines is 1. The van der Waals surface area contributed by atoms with E-state index in [4.69, 9.17) is 9.72 Å². The molecule has 0 saturated heterocycles. The zero-order chi connectivity index (χ0) is 18.9. The van der Waals surface area contributed by atoms with E-state index in [-0.39, 0.29) is 11.0 Å². The third-order valence-electron chi connectivity index (χ3n) is 4.19. The van der Waals surface area contributed by atoms with Crippen LogP contribution in [0.2, 0.25) is 0 Å². The Morgan fingerprint density at radius 2 is 1.81 bits per heavy atom. The average Bonchev–Trinajstić information content (AvgIpc) is 2.90. The van der Waals surface area contributed by atoms with Crippen LogP contribution in [0.25, 0.3) is 17.0 Å². The van der Waals surface area contributed by atoms with E-state index in [0.717, 1.165) is 29.2 Å². The third kappa shape index (κ3) is 3.82. The quantitative estimate of drug-likeness (QED) is 0.699. The molecule has 0 aliphatic carbocycles. The van der Waals surface area contributed by atoms with Crippen LogP contribution >= 0.6 is 0 Å². The van der Waals surface area contributed by atoms with Crippen LogP contribution in [0.1, 0.15) is 41.0 Å². The average molecular weight is 352 g/mol. The molecule has 0 aliphatic heterocycles. The van der Waals surface area contributed by atoms with Crippen LogP contribution in [0.3, 0.4) is 0 Å². The highest BCUT2D eigenvalue weighted by Crippen LogP contribution is 2.37. The predicted octanol–water partition coefficient (Wildman–Crippen LogP) is 5.03. The first-order valence-electron chi connectivity index (χ1n) is 8.95. The van der Waals surface area contributed by atoms with Crippen molar-refractivity contribution in [3.05, 3.63) is 42.7 Å². The summed E-state index contributed by atoms with van der Waals surface area (Å²) >= 11 is 0. The van der Waals surface area contributed by atoms with Crippen LogP contribution < -0.4 is 10.1 Å². The molecule has 5 heteroatoms. The van der Waals surface area contributed by atoms with Crippen LogP contribution in [-0.4, -0.2) is 27.0 Å². The summed E-state index contributed by atoms with van der Waals surface area (Å²) in [6.45, 7) is 11.2. The Bertz CT molecular complexity index is 906. The lowest BCUT2D eigenvalue weighted by Crippen LogP contribution is -2.36. The van der Waals surface area contributed by atoms with Crippen LogP contribution in [-0.2, 0) is 0 Å². The second kappa shape index (κ2) is 6.63. The molecule has 0 saturated carbocycles. The van der Waals surface area contributed by atoms with Gasteiger partial charge in [0, 0.05) is 23.5 Å². The van der Waals surface area contributed by atoms with E-state index in [1.54, 1.807) is 13.3 Å². The van der Waals surface area contributed by atoms with Crippen molar-refractivity contribution in [1.29, 1.82) is 0 Å². The fraction of sp³-hybridized carbons (Fsp3) is 0.429. The molecular formula is C21H28N4O. The molecule has 0 atom stereocenters. The smallest absolute Gasteiger partial charge is 0.235 e. The van der Waals surface area contributed by atoms with Gasteiger partial charge in [-0.05, 0) is 43.9 Å². The van der Waals surface area contributed by atoms with Gasteiger partial charge < -0.3 is 10.1 Å². The minimum atomic E-state index is -0.110. The first-order valence-corrected chi connectivity index (χ1v) is 8.95. The molecule has 3 aromatic rings. The number of imidazole rings is 1. The van der Waals surface area contributed by atoms with E-state index >= 15 is 0 Å². The fourth-order valence-electron chi connectivity index (χ4n) is 3.73. The molecule has 0 fully saturated rings. The first-order chi connectivity index (χ1) is 12.2. The lowest BCUT2D eigenvalue weighted by molar-refractivity contribution is 0.302. The van der Waals surface area contributed by atoms with Gasteiger partial charge in [0.25, 0.3) is 0 Å². The van der Waals surface area contributed by atoms with E-state index in [2.05, 4.69) is 44.9 Å². The number of rotatable bonds is 5. The van der Waals surface area contributed by atoms with Gasteiger partial charge in [0.1, 0.15) is 17.3 Å². The lowest BCUT2D eigenvalue weighted by Gasteiger charge is -2.34. The third-order valence-corrected chi connectivity index (χ3v) is 4.19. The molecule has 0 radical (unpaired) electrons. The number of hydrogen-bond donors (Lipinski definition) is 1. The Morgan fingerprint density at radius 3 is 2.50 bits per heavy atom. The topological polar surface area (TPSA) is 51.5 Å². The molecule has 0 bridgehead atoms. The number of benzene rings is 1. The summed E-state index contributed by atoms with van der Waals surface area (Å²) in [5.41, 5.74) is 1.90. The van der Waals surface area contributed by atoms with Gasteiger partial charge in [0.05, 0.1) is 7.11 Å². The molecule has 3 rings (SSSR count). The largest absolute Gasteiger partial charge is 0.496 e. The van der Waals surface area contributed by atoms with Gasteiger partial charge in [-0.2, -0.15) is 0 Å². The SMILES string of the molecule is COc1ccccc1-c1nc2ncccn2c1NC(C)(C)CC(C)(C)C. The standard InChI is InChI=1S/C21H28N4O/c1-20(2,3)14-21(4,5)24-18-17(15-10-7-8-11-16(15)26-6)23-19-22-12-9-13-25(18)19/h7-13,24H,14H2,1-6H3. The van der Waals surface area contributed by atoms with Crippen LogP contribution in [0.15, 0.2) is 42.7 Å². The first kappa shape index (κ1) is 18.2. The van der Waals surface area contributed by atoms with Gasteiger partial charge in [0.15, 0.2) is 0 Å². The van der Waals surface area contributed by atoms with Crippen LogP contribution in [0, 0.1) is 5.41 Å². The summed E-state index contributed by atoms with van der Waals surface area (Å²) in [7, 11) is 1.68. The lowest BCUT2D eigenvalue weighted by atomic mass is 9.82. The predicted molar refractivity (Wildman–Crippen MR) is 107 cm³/mol. The van der Waals surface area contributed by atoms with Gasteiger partial charge >= 0.3 is 0 Å². The molecule has 5 nitrogen and oxygen atoms in total. The maximum atomic E-state index is 5.56. The minimum absolute atomic E-state index is 0.110. The van der Waals surface area contributed by atoms with E-state index < -0.39 is 0 Å². The molecule has 2 aromatic heterocycles. The second-order valence-electron chi connectivity index (χ2n) is 8.55. The Kier molecular flexibility index (Phi) is 4.65. The molecule has 0 amide bonds. The Morgan fingerprint density at radius 1 is 1.08 bits per heavy atom. The molecule has 0 unspecified atom stereocenters. The molecule has 1 aromatic carbocycles. The van der Waals surface area contributed by atoms with Crippen LogP contribution in [0.5, 0.6) is 5.75 Å². The number of nitrogens with zero attached hydrogens (tertiary/aromatic N) is 3. The number of methoxy groups -OCH3 is 1. The molecule has 2 heterocycles. The summed E-state index contributed by atoms with van der Waals surface area (Å²) in [6.07, 6.45) is 4.76. The second-order valence-corrected chi connectivity index (χ2v) is 8.55. The van der Waals surface area contributed by atoms with Crippen molar-refractivity contribution in [3.8, 4) is 17.0 Å². The van der Waals surface area contributed by atoms with E-state index in [1.165, 1.54) is 0 Å². The highest BCUT2D eigenvalue weighted by atomic mass is 16.5. The molecule has 1 N–H and O–H groups in total. The molecule has 0 spiro atoms. The van der Waals surface area contributed by atoms with Gasteiger partial charge in [0.2, 0.25) is 5.78 Å². The van der Waals surface area contributed by atoms with Gasteiger partial charge in [-0.3, -0.25) is 4.40 Å². The van der Waals surface area contributed by atoms with Gasteiger partial charge in [-0.1, -0.05) is 32.9 Å². The Labute approximate surface area is 155 Å². The molecule has 0 aliphatic rings. The number of ether oxygens (including phenoxy) is 1. The van der Waals surface area contributed by atoms with E-state index in [0.29, 0.717) is 5.78 Å². The van der Waals surface area contributed by atoms with Crippen molar-refractivity contribution in [2.75, 3.05) is 12.4 Å². The van der Waals surface area contributed by atoms with Crippen molar-refractivity contribution in [2.45, 2.75) is 46.6 Å². The zero-order valence-corrected chi connectivity index (χ0v) is 16.5. The van der Waals surface area contributed by atoms with E-state index in [9.17, 15) is 0 Å². The Balaban J connectivity index is 2.14. The van der Waals surface area contributed by atoms with Crippen molar-refractivity contribution < 1.29 is 4.74 Å². The van der Waals surface area contributed by atoms with Crippen molar-refractivity contribution in [2.24, 2.45) is 5.41 Å². The summed E-state index contributed by atoms with van der Waals surface area (Å²) in [5, 5.41) is 3.72. The zero-order valence-electron chi connectivity index (χ0n) is 16.5. The monoisotopic (exact) mass is 352 g/mol. The maximum absolute atomic E-state index is 5.56. The normalized spacial score (nSPS) is 12.4. The van der Waals surface area contributed by atoms with E-state index in [1.807, 2.05) is 40.9 Å². The van der Waals surface area contributed by atoms with Crippen molar-refractivity contribution in [1.82, 2.24) is 14.4 Å². The summed E-state index contributed by atoms with van der Waals surface area (Å²) in [4.78, 5) is 9.20. The summed E-state index contributed by atoms with van der Waals surface area (Å²) in [6, 6.07) is 9.87. The fourth-order valence-corrected chi connectivity index (χ4v) is 3.73. The highest BCUT2D eigenvalue weighted by molar-refractivity contribution is 5.79. The van der Waals surface area contributed by atoms with Gasteiger partial charge in [-0.15, -0.1) is 0 Å². The van der Waals surface area contributed by atoms with Crippen LogP contribution in [0.4, 0.5) is 5.82 Å². The number of aromatic nitrogens is 3. The van der Waals surface area contributed by atoms with Crippen molar-refractivity contribution in [3.63, 3.8) is 0 Å². The molecule has 26 heavy (non-hydrogen) atoms. The number of nitrogens with one attached hydrogen (secondary N) is 1. The van der Waals surface area contributed by atoms with Crippen molar-refractivity contribution >= 4 is 11.6 Å². The molecule has 138 valence electrons. The number of hydrogen-bond acceptors (Lipinski definition) is 4. The molecular weight excluding hydrogens is 324 g/mol. The maximum Gasteiger partial charge on any atom is 0.235 e. The highest BCUT2D eigenvalue weighted by Gasteiger charge is 2.28. The summed E-state index contributed by atoms with van der Waals surface area (Å²) < 4.78 is 7.57.